The van der Waals surface area contributed by atoms with Crippen LogP contribution in [0.25, 0.3) is 0 Å². The molecule has 0 bridgehead atoms. The maximum atomic E-state index is 13.2. The minimum atomic E-state index is -1.78. The molecule has 0 aromatic carbocycles. The third-order valence-electron chi connectivity index (χ3n) is 15.2. The van der Waals surface area contributed by atoms with Crippen LogP contribution in [0.15, 0.2) is 12.2 Å². The fourth-order valence-corrected chi connectivity index (χ4v) is 10.3. The standard InChI is InChI=1S/C59H113NO13/c1-3-5-7-9-11-12-13-14-15-16-17-18-19-20-21-22-23-24-25-26-27-28-29-30-31-32-33-34-35-37-39-41-43-51(64)60-47(48(63)42-40-38-36-10-8-6-4-2)46-70-58-56(69)54(67)57(50(45-62)72-58)73-59-55(68)53(66)52(65)49(44-61)71-59/h40,42,47-50,52-59,61-63,65-69H,3-39,41,43-46H2,1-2H3,(H,60,64)/b42-40+. The van der Waals surface area contributed by atoms with E-state index in [4.69, 9.17) is 18.9 Å². The number of allylic oxidation sites excluding steroid dienone is 1. The summed E-state index contributed by atoms with van der Waals surface area (Å²) in [5.41, 5.74) is 0. The Hall–Kier alpha value is -1.27. The predicted octanol–water partition coefficient (Wildman–Crippen LogP) is 10.3. The Morgan fingerprint density at radius 3 is 1.26 bits per heavy atom. The monoisotopic (exact) mass is 1040 g/mol. The first-order valence-electron chi connectivity index (χ1n) is 30.4. The molecule has 9 N–H and O–H groups in total. The van der Waals surface area contributed by atoms with Gasteiger partial charge in [-0.3, -0.25) is 4.79 Å². The van der Waals surface area contributed by atoms with Crippen molar-refractivity contribution in [1.82, 2.24) is 5.32 Å². The highest BCUT2D eigenvalue weighted by atomic mass is 16.7. The number of ether oxygens (including phenoxy) is 4. The Morgan fingerprint density at radius 2 is 0.849 bits per heavy atom. The van der Waals surface area contributed by atoms with Gasteiger partial charge >= 0.3 is 0 Å². The van der Waals surface area contributed by atoms with E-state index in [0.29, 0.717) is 6.42 Å². The van der Waals surface area contributed by atoms with E-state index in [-0.39, 0.29) is 18.9 Å². The summed E-state index contributed by atoms with van der Waals surface area (Å²) in [6, 6.07) is -0.907. The van der Waals surface area contributed by atoms with Gasteiger partial charge in [-0.25, -0.2) is 0 Å². The molecule has 0 aliphatic carbocycles. The molecule has 0 spiro atoms. The first-order valence-corrected chi connectivity index (χ1v) is 30.4. The number of unbranched alkanes of at least 4 members (excludes halogenated alkanes) is 36. The molecule has 1 amide bonds. The maximum absolute atomic E-state index is 13.2. The SMILES string of the molecule is CCCCCCC/C=C/C(O)C(COC1OC(CO)C(OC2OC(CO)C(O)C(O)C2O)C(O)C1O)NC(=O)CCCCCCCCCCCCCCCCCCCCCCCCCCCCCCCCCC. The van der Waals surface area contributed by atoms with Gasteiger partial charge in [-0.05, 0) is 19.3 Å². The summed E-state index contributed by atoms with van der Waals surface area (Å²) in [6.07, 6.45) is 36.2. The number of hydrogen-bond donors (Lipinski definition) is 9. The van der Waals surface area contributed by atoms with E-state index in [1.807, 2.05) is 6.08 Å². The van der Waals surface area contributed by atoms with Crippen molar-refractivity contribution >= 4 is 5.91 Å². The second kappa shape index (κ2) is 45.7. The quantitative estimate of drug-likeness (QED) is 0.0204. The lowest BCUT2D eigenvalue weighted by molar-refractivity contribution is -0.359. The minimum absolute atomic E-state index is 0.238. The predicted molar refractivity (Wildman–Crippen MR) is 291 cm³/mol. The van der Waals surface area contributed by atoms with E-state index in [1.54, 1.807) is 6.08 Å². The highest BCUT2D eigenvalue weighted by molar-refractivity contribution is 5.76. The Balaban J connectivity index is 1.56. The smallest absolute Gasteiger partial charge is 0.220 e. The molecule has 0 radical (unpaired) electrons. The summed E-state index contributed by atoms with van der Waals surface area (Å²) in [7, 11) is 0. The topological polar surface area (TPSA) is 228 Å². The number of carbonyl (C=O) groups excluding carboxylic acids is 1. The van der Waals surface area contributed by atoms with E-state index in [9.17, 15) is 45.6 Å². The van der Waals surface area contributed by atoms with E-state index in [1.165, 1.54) is 186 Å². The van der Waals surface area contributed by atoms with Crippen LogP contribution >= 0.6 is 0 Å². The Morgan fingerprint density at radius 1 is 0.479 bits per heavy atom. The van der Waals surface area contributed by atoms with Crippen LogP contribution in [0, 0.1) is 0 Å². The molecule has 0 aromatic rings. The van der Waals surface area contributed by atoms with Crippen LogP contribution in [-0.2, 0) is 23.7 Å². The van der Waals surface area contributed by atoms with E-state index >= 15 is 0 Å². The van der Waals surface area contributed by atoms with E-state index in [0.717, 1.165) is 51.4 Å². The second-order valence-electron chi connectivity index (χ2n) is 21.8. The van der Waals surface area contributed by atoms with Gasteiger partial charge in [-0.2, -0.15) is 0 Å². The second-order valence-corrected chi connectivity index (χ2v) is 21.8. The number of hydrogen-bond acceptors (Lipinski definition) is 13. The highest BCUT2D eigenvalue weighted by Gasteiger charge is 2.51. The van der Waals surface area contributed by atoms with Gasteiger partial charge < -0.3 is 65.1 Å². The fourth-order valence-electron chi connectivity index (χ4n) is 10.3. The average Bonchev–Trinajstić information content (AvgIpc) is 3.39. The maximum Gasteiger partial charge on any atom is 0.220 e. The van der Waals surface area contributed by atoms with Crippen LogP contribution in [0.3, 0.4) is 0 Å². The van der Waals surface area contributed by atoms with E-state index in [2.05, 4.69) is 19.2 Å². The zero-order valence-corrected chi connectivity index (χ0v) is 46.4. The van der Waals surface area contributed by atoms with Gasteiger partial charge in [0.1, 0.15) is 48.8 Å². The van der Waals surface area contributed by atoms with Crippen LogP contribution in [0.5, 0.6) is 0 Å². The number of aliphatic hydroxyl groups excluding tert-OH is 8. The molecular weight excluding hydrogens is 931 g/mol. The van der Waals surface area contributed by atoms with Crippen molar-refractivity contribution in [2.45, 2.75) is 338 Å². The Kier molecular flexibility index (Phi) is 42.5. The van der Waals surface area contributed by atoms with Gasteiger partial charge in [-0.1, -0.05) is 251 Å². The fraction of sp³-hybridized carbons (Fsp3) is 0.949. The molecule has 14 nitrogen and oxygen atoms in total. The van der Waals surface area contributed by atoms with Gasteiger partial charge in [0.2, 0.25) is 5.91 Å². The van der Waals surface area contributed by atoms with Gasteiger partial charge in [-0.15, -0.1) is 0 Å². The number of amides is 1. The summed E-state index contributed by atoms with van der Waals surface area (Å²) in [5.74, 6) is -0.238. The lowest BCUT2D eigenvalue weighted by Crippen LogP contribution is -2.65. The molecule has 73 heavy (non-hydrogen) atoms. The molecule has 2 heterocycles. The van der Waals surface area contributed by atoms with Crippen molar-refractivity contribution in [3.63, 3.8) is 0 Å². The van der Waals surface area contributed by atoms with Crippen LogP contribution in [-0.4, -0.2) is 140 Å². The molecule has 2 saturated heterocycles. The molecule has 12 unspecified atom stereocenters. The highest BCUT2D eigenvalue weighted by Crippen LogP contribution is 2.30. The average molecular weight is 1040 g/mol. The zero-order chi connectivity index (χ0) is 53.2. The summed E-state index contributed by atoms with van der Waals surface area (Å²) in [5, 5.41) is 86.6. The molecule has 432 valence electrons. The first-order chi connectivity index (χ1) is 35.6. The lowest BCUT2D eigenvalue weighted by atomic mass is 9.97. The zero-order valence-electron chi connectivity index (χ0n) is 46.4. The van der Waals surface area contributed by atoms with Crippen molar-refractivity contribution in [2.24, 2.45) is 0 Å². The molecule has 0 saturated carbocycles. The number of nitrogens with one attached hydrogen (secondary N) is 1. The van der Waals surface area contributed by atoms with Gasteiger partial charge in [0, 0.05) is 6.42 Å². The van der Waals surface area contributed by atoms with Gasteiger partial charge in [0.05, 0.1) is 32.0 Å². The van der Waals surface area contributed by atoms with Crippen molar-refractivity contribution < 1.29 is 64.6 Å². The molecular formula is C59H113NO13. The molecule has 2 rings (SSSR count). The minimum Gasteiger partial charge on any atom is -0.394 e. The largest absolute Gasteiger partial charge is 0.394 e. The molecule has 14 heteroatoms. The molecule has 2 aliphatic rings. The number of rotatable bonds is 49. The van der Waals surface area contributed by atoms with Crippen LogP contribution < -0.4 is 5.32 Å². The Labute approximate surface area is 444 Å². The van der Waals surface area contributed by atoms with Crippen molar-refractivity contribution in [2.75, 3.05) is 19.8 Å². The first kappa shape index (κ1) is 67.8. The number of carbonyl (C=O) groups is 1. The van der Waals surface area contributed by atoms with Crippen molar-refractivity contribution in [1.29, 1.82) is 0 Å². The van der Waals surface area contributed by atoms with Crippen LogP contribution in [0.4, 0.5) is 0 Å². The van der Waals surface area contributed by atoms with Gasteiger partial charge in [0.15, 0.2) is 12.6 Å². The molecule has 12 atom stereocenters. The molecule has 2 aliphatic heterocycles. The molecule has 2 fully saturated rings. The van der Waals surface area contributed by atoms with Gasteiger partial charge in [0.25, 0.3) is 0 Å². The normalized spacial score (nSPS) is 25.4. The lowest BCUT2D eigenvalue weighted by Gasteiger charge is -2.46. The third-order valence-corrected chi connectivity index (χ3v) is 15.2. The third kappa shape index (κ3) is 31.7. The van der Waals surface area contributed by atoms with Crippen LogP contribution in [0.1, 0.15) is 264 Å². The van der Waals surface area contributed by atoms with Crippen LogP contribution in [0.2, 0.25) is 0 Å². The Bertz CT molecular complexity index is 1280. The summed E-state index contributed by atoms with van der Waals surface area (Å²) >= 11 is 0. The number of aliphatic hydroxyl groups is 8. The summed E-state index contributed by atoms with van der Waals surface area (Å²) in [6.45, 7) is 2.75. The summed E-state index contributed by atoms with van der Waals surface area (Å²) in [4.78, 5) is 13.2. The van der Waals surface area contributed by atoms with Crippen molar-refractivity contribution in [3.05, 3.63) is 12.2 Å². The molecule has 0 aromatic heterocycles. The van der Waals surface area contributed by atoms with Crippen molar-refractivity contribution in [3.8, 4) is 0 Å². The van der Waals surface area contributed by atoms with E-state index < -0.39 is 86.8 Å². The summed E-state index contributed by atoms with van der Waals surface area (Å²) < 4.78 is 22.7.